The van der Waals surface area contributed by atoms with E-state index >= 15 is 0 Å². The Balaban J connectivity index is 0.000000113. The number of ether oxygens (including phenoxy) is 6. The van der Waals surface area contributed by atoms with Gasteiger partial charge in [0.2, 0.25) is 0 Å². The molecule has 9 aliphatic carbocycles. The molecular formula is C123H166N6O6. The quantitative estimate of drug-likeness (QED) is 0.0925. The highest BCUT2D eigenvalue weighted by molar-refractivity contribution is 5.74. The first kappa shape index (κ1) is 97.2. The van der Waals surface area contributed by atoms with Crippen LogP contribution in [0.3, 0.4) is 0 Å². The second kappa shape index (κ2) is 45.9. The van der Waals surface area contributed by atoms with Gasteiger partial charge in [-0.1, -0.05) is 281 Å². The van der Waals surface area contributed by atoms with Gasteiger partial charge in [-0.3, -0.25) is 0 Å². The Labute approximate surface area is 814 Å². The highest BCUT2D eigenvalue weighted by Crippen LogP contribution is 2.53. The Morgan fingerprint density at radius 2 is 0.363 bits per heavy atom. The first-order valence-electron chi connectivity index (χ1n) is 54.2. The van der Waals surface area contributed by atoms with Gasteiger partial charge >= 0.3 is 0 Å². The second-order valence-corrected chi connectivity index (χ2v) is 43.0. The molecule has 724 valence electrons. The van der Waals surface area contributed by atoms with E-state index in [1.807, 2.05) is 0 Å². The molecule has 0 bridgehead atoms. The zero-order valence-electron chi connectivity index (χ0n) is 85.3. The molecule has 6 unspecified atom stereocenters. The van der Waals surface area contributed by atoms with Gasteiger partial charge in [-0.25, -0.2) is 0 Å². The van der Waals surface area contributed by atoms with Crippen LogP contribution in [0.15, 0.2) is 239 Å². The predicted molar refractivity (Wildman–Crippen MR) is 561 cm³/mol. The van der Waals surface area contributed by atoms with Gasteiger partial charge in [0, 0.05) is 92.9 Å². The Hall–Kier alpha value is -9.42. The van der Waals surface area contributed by atoms with Crippen molar-refractivity contribution in [3.05, 3.63) is 278 Å². The van der Waals surface area contributed by atoms with E-state index in [1.54, 1.807) is 0 Å². The molecule has 15 aliphatic rings. The minimum absolute atomic E-state index is 0.122. The molecule has 135 heavy (non-hydrogen) atoms. The number of aryl methyl sites for hydroxylation is 6. The maximum atomic E-state index is 6.72. The molecule has 9 saturated carbocycles. The van der Waals surface area contributed by atoms with Gasteiger partial charge in [-0.2, -0.15) is 0 Å². The van der Waals surface area contributed by atoms with Gasteiger partial charge in [0.05, 0.1) is 34.2 Å². The van der Waals surface area contributed by atoms with E-state index in [0.29, 0.717) is 53.3 Å². The zero-order valence-corrected chi connectivity index (χ0v) is 85.3. The van der Waals surface area contributed by atoms with Crippen LogP contribution in [0.5, 0.6) is 0 Å². The van der Waals surface area contributed by atoms with Gasteiger partial charge in [0.1, 0.15) is 34.6 Å². The molecule has 12 nitrogen and oxygen atoms in total. The lowest BCUT2D eigenvalue weighted by Gasteiger charge is -2.35. The van der Waals surface area contributed by atoms with Crippen LogP contribution in [0.2, 0.25) is 0 Å². The van der Waals surface area contributed by atoms with Crippen molar-refractivity contribution in [2.75, 3.05) is 29.4 Å². The van der Waals surface area contributed by atoms with E-state index in [9.17, 15) is 0 Å². The molecule has 0 N–H and O–H groups in total. The third kappa shape index (κ3) is 22.0. The van der Waals surface area contributed by atoms with Gasteiger partial charge in [-0.05, 0) is 282 Å². The van der Waals surface area contributed by atoms with E-state index in [4.69, 9.17) is 28.4 Å². The summed E-state index contributed by atoms with van der Waals surface area (Å²) in [6.45, 7) is 30.9. The number of nitrogens with zero attached hydrogens (tertiary/aromatic N) is 6. The van der Waals surface area contributed by atoms with Crippen LogP contribution < -0.4 is 29.4 Å². The van der Waals surface area contributed by atoms with Crippen molar-refractivity contribution in [3.8, 4) is 0 Å². The van der Waals surface area contributed by atoms with Crippen LogP contribution in [0.4, 0.5) is 34.1 Å². The molecule has 12 heteroatoms. The average molecular weight is 1820 g/mol. The molecular weight excluding hydrogens is 1660 g/mol. The number of allylic oxidation sites excluding steroid dienone is 11. The number of rotatable bonds is 16. The summed E-state index contributed by atoms with van der Waals surface area (Å²) in [5.74, 6) is 13.1. The Morgan fingerprint density at radius 3 is 0.607 bits per heavy atom. The van der Waals surface area contributed by atoms with Crippen LogP contribution in [0.25, 0.3) is 5.76 Å². The van der Waals surface area contributed by atoms with Crippen molar-refractivity contribution in [2.24, 2.45) is 53.3 Å². The maximum absolute atomic E-state index is 6.72. The molecule has 22 rings (SSSR count). The molecule has 7 aromatic carbocycles. The Kier molecular flexibility index (Phi) is 33.1. The van der Waals surface area contributed by atoms with Crippen molar-refractivity contribution in [1.82, 2.24) is 0 Å². The largest absolute Gasteiger partial charge is 0.473 e. The highest BCUT2D eigenvalue weighted by atomic mass is 16.5. The van der Waals surface area contributed by atoms with Crippen molar-refractivity contribution in [3.63, 3.8) is 0 Å². The number of benzene rings is 7. The molecule has 0 amide bonds. The van der Waals surface area contributed by atoms with Crippen LogP contribution in [-0.2, 0) is 28.4 Å². The van der Waals surface area contributed by atoms with Crippen LogP contribution >= 0.6 is 0 Å². The normalized spacial score (nSPS) is 24.8. The molecule has 6 heterocycles. The van der Waals surface area contributed by atoms with Gasteiger partial charge in [-0.15, -0.1) is 0 Å². The molecule has 7 aromatic rings. The fraction of sp³-hybridized carbons (Fsp3) is 0.561. The molecule has 0 aromatic heterocycles. The highest BCUT2D eigenvalue weighted by Gasteiger charge is 2.48. The van der Waals surface area contributed by atoms with E-state index in [-0.39, 0.29) is 37.4 Å². The summed E-state index contributed by atoms with van der Waals surface area (Å²) >= 11 is 0. The molecule has 0 saturated heterocycles. The number of anilines is 6. The summed E-state index contributed by atoms with van der Waals surface area (Å²) < 4.78 is 39.2. The molecule has 0 spiro atoms. The van der Waals surface area contributed by atoms with Crippen LogP contribution in [-0.4, -0.2) is 37.4 Å². The number of hydrogen-bond donors (Lipinski definition) is 0. The van der Waals surface area contributed by atoms with Crippen LogP contribution in [0.1, 0.15) is 351 Å². The lowest BCUT2D eigenvalue weighted by Crippen LogP contribution is -2.38. The number of para-hydroxylation sites is 6. The first-order chi connectivity index (χ1) is 65.9. The minimum atomic E-state index is 0.122. The smallest absolute Gasteiger partial charge is 0.179 e. The lowest BCUT2D eigenvalue weighted by atomic mass is 9.87. The van der Waals surface area contributed by atoms with E-state index in [2.05, 4.69) is 302 Å². The molecule has 0 radical (unpaired) electrons. The summed E-state index contributed by atoms with van der Waals surface area (Å²) in [5.41, 5.74) is 25.0. The van der Waals surface area contributed by atoms with Gasteiger partial charge < -0.3 is 57.8 Å². The predicted octanol–water partition coefficient (Wildman–Crippen LogP) is 33.8. The molecule has 9 fully saturated rings. The van der Waals surface area contributed by atoms with E-state index < -0.39 is 0 Å². The number of hydrogen-bond acceptors (Lipinski definition) is 12. The van der Waals surface area contributed by atoms with Crippen molar-refractivity contribution in [1.29, 1.82) is 0 Å². The second-order valence-electron chi connectivity index (χ2n) is 43.0. The Morgan fingerprint density at radius 1 is 0.178 bits per heavy atom. The van der Waals surface area contributed by atoms with Crippen molar-refractivity contribution >= 4 is 39.9 Å². The summed E-state index contributed by atoms with van der Waals surface area (Å²) in [4.78, 5) is 14.9. The van der Waals surface area contributed by atoms with Crippen molar-refractivity contribution in [2.45, 2.75) is 391 Å². The summed E-state index contributed by atoms with van der Waals surface area (Å²) in [6, 6.07) is 62.9. The minimum Gasteiger partial charge on any atom is -0.473 e. The van der Waals surface area contributed by atoms with Gasteiger partial charge in [0.15, 0.2) is 37.4 Å². The topological polar surface area (TPSA) is 74.8 Å². The van der Waals surface area contributed by atoms with Gasteiger partial charge in [0.25, 0.3) is 0 Å². The monoisotopic (exact) mass is 1820 g/mol. The third-order valence-corrected chi connectivity index (χ3v) is 34.0. The Bertz CT molecular complexity index is 5250. The lowest BCUT2D eigenvalue weighted by molar-refractivity contribution is 0.0563. The van der Waals surface area contributed by atoms with Crippen LogP contribution in [0, 0.1) is 94.8 Å². The fourth-order valence-electron chi connectivity index (χ4n) is 26.2. The maximum Gasteiger partial charge on any atom is 0.179 e. The molecule has 6 aliphatic heterocycles. The summed E-state index contributed by atoms with van der Waals surface area (Å²) in [7, 11) is 0. The van der Waals surface area contributed by atoms with E-state index in [1.165, 1.54) is 381 Å². The zero-order chi connectivity index (χ0) is 93.6. The summed E-state index contributed by atoms with van der Waals surface area (Å²) in [6.07, 6.45) is 54.7. The van der Waals surface area contributed by atoms with Crippen molar-refractivity contribution < 1.29 is 28.4 Å². The average Bonchev–Trinajstić information content (AvgIpc) is 1.59. The third-order valence-electron chi connectivity index (χ3n) is 34.0. The fourth-order valence-corrected chi connectivity index (χ4v) is 26.2. The summed E-state index contributed by atoms with van der Waals surface area (Å²) in [5, 5.41) is 0. The first-order valence-corrected chi connectivity index (χ1v) is 54.2. The SMILES string of the molecule is CC1=C(C)N(c2ccccc2C)C(C2CCCC2)O1.CC1=C(C)N(c2ccccc2C)C(C2CCCCC2)O1.CC1=C(C2CCCC2)OC(C2CCCC2)N1c1ccccc1C.CC1=C(C2CCCC2)OC(C2CCCCC2)N1c1ccccc1C.CC1=C(C2CCCCC2)OC(C2CCCC2)N1c1ccccc1C.CC1=C(c2ccccc2)OC(C2CCCCC2)N1c1ccccc1C. The molecule has 6 atom stereocenters. The standard InChI is InChI=1S/C23H27NO.2C22H31NO.C21H29NO.C18H25NO.C17H23NO/c1-17-11-9-10-16-21(17)24-18(2)22(19-12-5-3-6-13-19)25-23(24)20-14-7-4-8-15-20;1-16-10-6-9-15-20(16)23-17(2)21(18-11-7-8-12-18)24-22(23)19-13-4-3-5-14-19;1-16-10-6-9-15-20(16)23-17(2)21(18-11-4-3-5-12-18)24-22(23)19-13-7-8-14-19;1-15-9-3-8-14-19(15)22-16(2)20(17-10-4-5-11-17)23-21(22)18-12-6-7-13-18;1-13-9-7-8-12-17(13)19-14(2)15(3)20-18(19)16-10-5-4-6-11-16;1-12-8-4-7-11-16(12)18-13(2)14(3)19-17(18)15-9-5-6-10-15/h3,5-6,9-13,16,20,23H,4,7-8,14-15H2,1-2H3;2*6,9-10,15,18-19,22H,3-5,7-8,11-14H2,1-2H3;3,8-9,14,17-18,21H,4-7,10-13H2,1-2H3;7-9,12,16,18H,4-6,10-11H2,1-3H3;4,7-8,11,15,17H,5-6,9-10H2,1-3H3. The van der Waals surface area contributed by atoms with E-state index in [0.717, 1.165) is 17.3 Å².